The summed E-state index contributed by atoms with van der Waals surface area (Å²) in [6, 6.07) is 4.02. The fourth-order valence-corrected chi connectivity index (χ4v) is 2.62. The van der Waals surface area contributed by atoms with Crippen molar-refractivity contribution in [1.29, 1.82) is 0 Å². The summed E-state index contributed by atoms with van der Waals surface area (Å²) >= 11 is 1.65. The predicted octanol–water partition coefficient (Wildman–Crippen LogP) is 2.20. The summed E-state index contributed by atoms with van der Waals surface area (Å²) in [5.74, 6) is 0.837. The highest BCUT2D eigenvalue weighted by molar-refractivity contribution is 7.09. The molecule has 0 unspecified atom stereocenters. The van der Waals surface area contributed by atoms with Gasteiger partial charge >= 0.3 is 5.97 Å². The molecule has 100 valence electrons. The molecular weight excluding hydrogens is 262 g/mol. The van der Waals surface area contributed by atoms with E-state index in [9.17, 15) is 4.79 Å². The lowest BCUT2D eigenvalue weighted by Gasteiger charge is -2.00. The molecule has 1 aliphatic carbocycles. The molecule has 0 amide bonds. The first-order valence-corrected chi connectivity index (χ1v) is 7.20. The number of ether oxygens (including phenoxy) is 1. The third kappa shape index (κ3) is 3.01. The Labute approximate surface area is 115 Å². The quantitative estimate of drug-likeness (QED) is 0.786. The van der Waals surface area contributed by atoms with Crippen LogP contribution in [0.15, 0.2) is 23.7 Å². The van der Waals surface area contributed by atoms with Gasteiger partial charge in [-0.25, -0.2) is 9.48 Å². The van der Waals surface area contributed by atoms with Gasteiger partial charge in [0.15, 0.2) is 5.69 Å². The van der Waals surface area contributed by atoms with Crippen LogP contribution < -0.4 is 0 Å². The standard InChI is InChI=1S/C13H15N3O2S/c1-9-5-10(9)8-18-13(17)12-7-16(15-14-12)6-11-3-2-4-19-11/h2-4,7,9-10H,5-6,8H2,1H3/t9-,10+/m0/s1. The van der Waals surface area contributed by atoms with E-state index in [-0.39, 0.29) is 11.7 Å². The topological polar surface area (TPSA) is 57.0 Å². The van der Waals surface area contributed by atoms with Crippen molar-refractivity contribution in [3.63, 3.8) is 0 Å². The summed E-state index contributed by atoms with van der Waals surface area (Å²) in [5.41, 5.74) is 0.282. The zero-order valence-corrected chi connectivity index (χ0v) is 11.5. The van der Waals surface area contributed by atoms with Gasteiger partial charge in [0, 0.05) is 4.88 Å². The number of aromatic nitrogens is 3. The molecule has 5 nitrogen and oxygen atoms in total. The van der Waals surface area contributed by atoms with E-state index in [1.807, 2.05) is 17.5 Å². The molecule has 0 saturated heterocycles. The lowest BCUT2D eigenvalue weighted by molar-refractivity contribution is 0.0474. The van der Waals surface area contributed by atoms with Gasteiger partial charge in [0.1, 0.15) is 0 Å². The van der Waals surface area contributed by atoms with Gasteiger partial charge in [0.2, 0.25) is 0 Å². The summed E-state index contributed by atoms with van der Waals surface area (Å²) in [4.78, 5) is 12.9. The molecule has 0 bridgehead atoms. The van der Waals surface area contributed by atoms with Crippen molar-refractivity contribution < 1.29 is 9.53 Å². The molecule has 3 rings (SSSR count). The molecule has 0 radical (unpaired) electrons. The maximum Gasteiger partial charge on any atom is 0.360 e. The van der Waals surface area contributed by atoms with Crippen LogP contribution >= 0.6 is 11.3 Å². The predicted molar refractivity (Wildman–Crippen MR) is 71.0 cm³/mol. The number of rotatable bonds is 5. The summed E-state index contributed by atoms with van der Waals surface area (Å²) < 4.78 is 6.87. The molecule has 2 aromatic heterocycles. The molecule has 1 fully saturated rings. The van der Waals surface area contributed by atoms with Crippen LogP contribution in [0.1, 0.15) is 28.7 Å². The molecule has 19 heavy (non-hydrogen) atoms. The SMILES string of the molecule is C[C@H]1C[C@@H]1COC(=O)c1cn(Cc2cccs2)nn1. The number of carbonyl (C=O) groups is 1. The highest BCUT2D eigenvalue weighted by atomic mass is 32.1. The third-order valence-corrected chi connectivity index (χ3v) is 4.21. The number of hydrogen-bond acceptors (Lipinski definition) is 5. The van der Waals surface area contributed by atoms with Crippen molar-refractivity contribution in [2.45, 2.75) is 19.9 Å². The number of hydrogen-bond donors (Lipinski definition) is 0. The van der Waals surface area contributed by atoms with Gasteiger partial charge in [-0.2, -0.15) is 0 Å². The van der Waals surface area contributed by atoms with Crippen LogP contribution in [0.2, 0.25) is 0 Å². The van der Waals surface area contributed by atoms with Crippen molar-refractivity contribution in [1.82, 2.24) is 15.0 Å². The molecule has 0 aliphatic heterocycles. The fraction of sp³-hybridized carbons (Fsp3) is 0.462. The normalized spacial score (nSPS) is 21.3. The summed E-state index contributed by atoms with van der Waals surface area (Å²) in [6.45, 7) is 3.30. The first-order chi connectivity index (χ1) is 9.22. The van der Waals surface area contributed by atoms with Crippen LogP contribution in [-0.2, 0) is 11.3 Å². The zero-order chi connectivity index (χ0) is 13.2. The summed E-state index contributed by atoms with van der Waals surface area (Å²) in [5, 5.41) is 9.81. The second kappa shape index (κ2) is 5.13. The average molecular weight is 277 g/mol. The van der Waals surface area contributed by atoms with Crippen LogP contribution in [0.25, 0.3) is 0 Å². The van der Waals surface area contributed by atoms with Gasteiger partial charge < -0.3 is 4.74 Å². The lowest BCUT2D eigenvalue weighted by Crippen LogP contribution is -2.08. The first kappa shape index (κ1) is 12.3. The molecule has 1 saturated carbocycles. The molecule has 0 spiro atoms. The van der Waals surface area contributed by atoms with Crippen molar-refractivity contribution in [3.8, 4) is 0 Å². The number of thiophene rings is 1. The van der Waals surface area contributed by atoms with Crippen molar-refractivity contribution in [2.75, 3.05) is 6.61 Å². The second-order valence-corrected chi connectivity index (χ2v) is 5.98. The van der Waals surface area contributed by atoms with Crippen LogP contribution in [-0.4, -0.2) is 27.6 Å². The molecule has 2 heterocycles. The number of carbonyl (C=O) groups excluding carboxylic acids is 1. The van der Waals surface area contributed by atoms with E-state index in [4.69, 9.17) is 4.74 Å². The Morgan fingerprint density at radius 1 is 1.63 bits per heavy atom. The Hall–Kier alpha value is -1.69. The van der Waals surface area contributed by atoms with E-state index in [0.717, 1.165) is 6.42 Å². The Morgan fingerprint density at radius 3 is 3.16 bits per heavy atom. The maximum atomic E-state index is 11.8. The highest BCUT2D eigenvalue weighted by Crippen LogP contribution is 2.37. The molecule has 0 N–H and O–H groups in total. The molecule has 0 aromatic carbocycles. The molecule has 1 aliphatic rings. The van der Waals surface area contributed by atoms with Gasteiger partial charge in [-0.15, -0.1) is 16.4 Å². The minimum absolute atomic E-state index is 0.282. The number of nitrogens with zero attached hydrogens (tertiary/aromatic N) is 3. The van der Waals surface area contributed by atoms with E-state index in [1.54, 1.807) is 22.2 Å². The van der Waals surface area contributed by atoms with Crippen molar-refractivity contribution in [3.05, 3.63) is 34.3 Å². The average Bonchev–Trinajstić information content (AvgIpc) is 2.87. The van der Waals surface area contributed by atoms with Gasteiger partial charge in [-0.05, 0) is 29.7 Å². The van der Waals surface area contributed by atoms with Gasteiger partial charge in [-0.3, -0.25) is 0 Å². The van der Waals surface area contributed by atoms with Gasteiger partial charge in [-0.1, -0.05) is 18.2 Å². The molecule has 6 heteroatoms. The van der Waals surface area contributed by atoms with Crippen molar-refractivity contribution in [2.24, 2.45) is 11.8 Å². The second-order valence-electron chi connectivity index (χ2n) is 4.95. The Morgan fingerprint density at radius 2 is 2.47 bits per heavy atom. The van der Waals surface area contributed by atoms with E-state index in [2.05, 4.69) is 17.2 Å². The first-order valence-electron chi connectivity index (χ1n) is 6.32. The minimum atomic E-state index is -0.378. The molecule has 2 atom stereocenters. The van der Waals surface area contributed by atoms with Crippen molar-refractivity contribution >= 4 is 17.3 Å². The molecule has 2 aromatic rings. The largest absolute Gasteiger partial charge is 0.461 e. The maximum absolute atomic E-state index is 11.8. The highest BCUT2D eigenvalue weighted by Gasteiger charge is 2.33. The lowest BCUT2D eigenvalue weighted by atomic mass is 10.4. The fourth-order valence-electron chi connectivity index (χ4n) is 1.92. The zero-order valence-electron chi connectivity index (χ0n) is 10.7. The summed E-state index contributed by atoms with van der Waals surface area (Å²) in [7, 11) is 0. The Kier molecular flexibility index (Phi) is 3.33. The van der Waals surface area contributed by atoms with E-state index >= 15 is 0 Å². The minimum Gasteiger partial charge on any atom is -0.461 e. The Bertz CT molecular complexity index is 564. The van der Waals surface area contributed by atoms with Gasteiger partial charge in [0.05, 0.1) is 19.3 Å². The van der Waals surface area contributed by atoms with E-state index < -0.39 is 0 Å². The van der Waals surface area contributed by atoms with Crippen LogP contribution in [0.5, 0.6) is 0 Å². The van der Waals surface area contributed by atoms with Gasteiger partial charge in [0.25, 0.3) is 0 Å². The Balaban J connectivity index is 1.56. The summed E-state index contributed by atoms with van der Waals surface area (Å²) in [6.07, 6.45) is 2.79. The molecular formula is C13H15N3O2S. The third-order valence-electron chi connectivity index (χ3n) is 3.35. The van der Waals surface area contributed by atoms with Crippen LogP contribution in [0.3, 0.4) is 0 Å². The number of esters is 1. The monoisotopic (exact) mass is 277 g/mol. The smallest absolute Gasteiger partial charge is 0.360 e. The van der Waals surface area contributed by atoms with Crippen LogP contribution in [0.4, 0.5) is 0 Å². The van der Waals surface area contributed by atoms with Crippen LogP contribution in [0, 0.1) is 11.8 Å². The van der Waals surface area contributed by atoms with E-state index in [1.165, 1.54) is 4.88 Å². The van der Waals surface area contributed by atoms with E-state index in [0.29, 0.717) is 25.0 Å².